The third-order valence-corrected chi connectivity index (χ3v) is 3.29. The number of likely N-dealkylation sites (tertiary alicyclic amines) is 1. The number of rotatable bonds is 4. The Labute approximate surface area is 95.6 Å². The normalized spacial score (nSPS) is 26.8. The fraction of sp³-hybridized carbons (Fsp3) is 0.818. The van der Waals surface area contributed by atoms with Crippen molar-refractivity contribution in [3.63, 3.8) is 0 Å². The number of carbonyl (C=O) groups excluding carboxylic acids is 1. The summed E-state index contributed by atoms with van der Waals surface area (Å²) in [7, 11) is 0. The first-order valence-corrected chi connectivity index (χ1v) is 5.68. The fourth-order valence-electron chi connectivity index (χ4n) is 1.95. The minimum atomic E-state index is -0.911. The number of carbonyl (C=O) groups is 2. The molecule has 0 bridgehead atoms. The van der Waals surface area contributed by atoms with Crippen LogP contribution in [-0.2, 0) is 9.59 Å². The first kappa shape index (κ1) is 13.0. The Morgan fingerprint density at radius 2 is 1.88 bits per heavy atom. The van der Waals surface area contributed by atoms with Gasteiger partial charge in [-0.1, -0.05) is 13.8 Å². The van der Waals surface area contributed by atoms with Crippen molar-refractivity contribution in [2.75, 3.05) is 13.1 Å². The number of aliphatic carboxylic acids is 1. The number of hydrogen-bond donors (Lipinski definition) is 2. The van der Waals surface area contributed by atoms with Crippen molar-refractivity contribution in [2.24, 2.45) is 17.6 Å². The maximum absolute atomic E-state index is 11.9. The van der Waals surface area contributed by atoms with Crippen molar-refractivity contribution in [1.82, 2.24) is 4.90 Å². The van der Waals surface area contributed by atoms with Crippen molar-refractivity contribution in [3.8, 4) is 0 Å². The molecule has 1 rings (SSSR count). The Morgan fingerprint density at radius 1 is 1.38 bits per heavy atom. The second kappa shape index (κ2) is 5.30. The van der Waals surface area contributed by atoms with Crippen molar-refractivity contribution in [1.29, 1.82) is 0 Å². The second-order valence-corrected chi connectivity index (χ2v) is 4.74. The van der Waals surface area contributed by atoms with Gasteiger partial charge in [0, 0.05) is 19.5 Å². The van der Waals surface area contributed by atoms with Gasteiger partial charge in [0.25, 0.3) is 0 Å². The quantitative estimate of drug-likeness (QED) is 0.724. The van der Waals surface area contributed by atoms with Gasteiger partial charge >= 0.3 is 5.97 Å². The van der Waals surface area contributed by atoms with Crippen LogP contribution in [0, 0.1) is 11.8 Å². The average Bonchev–Trinajstić information content (AvgIpc) is 2.54. The van der Waals surface area contributed by atoms with E-state index >= 15 is 0 Å². The highest BCUT2D eigenvalue weighted by atomic mass is 16.4. The summed E-state index contributed by atoms with van der Waals surface area (Å²) in [6, 6.07) is -0.673. The van der Waals surface area contributed by atoms with E-state index in [1.807, 2.05) is 0 Å². The first-order valence-electron chi connectivity index (χ1n) is 5.68. The predicted octanol–water partition coefficient (Wildman–Crippen LogP) is 0.293. The summed E-state index contributed by atoms with van der Waals surface area (Å²) in [5, 5.41) is 8.51. The van der Waals surface area contributed by atoms with E-state index in [9.17, 15) is 9.59 Å². The van der Waals surface area contributed by atoms with E-state index in [1.165, 1.54) is 0 Å². The van der Waals surface area contributed by atoms with Gasteiger partial charge in [0.05, 0.1) is 6.04 Å². The molecule has 0 spiro atoms. The maximum atomic E-state index is 11.9. The lowest BCUT2D eigenvalue weighted by Gasteiger charge is -2.20. The van der Waals surface area contributed by atoms with Crippen molar-refractivity contribution < 1.29 is 14.7 Å². The van der Waals surface area contributed by atoms with Crippen molar-refractivity contribution in [2.45, 2.75) is 32.7 Å². The van der Waals surface area contributed by atoms with Gasteiger partial charge in [0.1, 0.15) is 0 Å². The summed E-state index contributed by atoms with van der Waals surface area (Å²) in [5.41, 5.74) is 5.68. The van der Waals surface area contributed by atoms with Gasteiger partial charge < -0.3 is 15.7 Å². The molecule has 0 radical (unpaired) electrons. The van der Waals surface area contributed by atoms with Crippen LogP contribution in [-0.4, -0.2) is 41.0 Å². The highest BCUT2D eigenvalue weighted by Crippen LogP contribution is 2.22. The summed E-state index contributed by atoms with van der Waals surface area (Å²) in [6.07, 6.45) is 0.166. The standard InChI is InChI=1S/C11H20N2O3/c1-7-5-13(6-8(7)2)11(16)9(12)3-4-10(14)15/h7-9H,3-6,12H2,1-2H3,(H,14,15). The van der Waals surface area contributed by atoms with E-state index in [4.69, 9.17) is 10.8 Å². The lowest BCUT2D eigenvalue weighted by atomic mass is 10.0. The molecule has 5 nitrogen and oxygen atoms in total. The van der Waals surface area contributed by atoms with Crippen LogP contribution in [0.25, 0.3) is 0 Å². The Bertz CT molecular complexity index is 270. The van der Waals surface area contributed by atoms with E-state index in [2.05, 4.69) is 13.8 Å². The van der Waals surface area contributed by atoms with E-state index in [1.54, 1.807) is 4.90 Å². The van der Waals surface area contributed by atoms with Gasteiger partial charge in [-0.15, -0.1) is 0 Å². The van der Waals surface area contributed by atoms with E-state index in [-0.39, 0.29) is 18.7 Å². The molecule has 0 aliphatic carbocycles. The van der Waals surface area contributed by atoms with Crippen molar-refractivity contribution >= 4 is 11.9 Å². The monoisotopic (exact) mass is 228 g/mol. The van der Waals surface area contributed by atoms with Crippen LogP contribution in [0.1, 0.15) is 26.7 Å². The van der Waals surface area contributed by atoms with Crippen molar-refractivity contribution in [3.05, 3.63) is 0 Å². The van der Waals surface area contributed by atoms with Crippen LogP contribution in [0.2, 0.25) is 0 Å². The zero-order chi connectivity index (χ0) is 12.3. The average molecular weight is 228 g/mol. The zero-order valence-corrected chi connectivity index (χ0v) is 9.85. The van der Waals surface area contributed by atoms with Gasteiger partial charge in [-0.3, -0.25) is 9.59 Å². The molecule has 1 aliphatic rings. The van der Waals surface area contributed by atoms with Gasteiger partial charge in [-0.2, -0.15) is 0 Å². The van der Waals surface area contributed by atoms with E-state index in [0.717, 1.165) is 13.1 Å². The highest BCUT2D eigenvalue weighted by Gasteiger charge is 2.31. The Hall–Kier alpha value is -1.10. The Kier molecular flexibility index (Phi) is 4.29. The number of amides is 1. The fourth-order valence-corrected chi connectivity index (χ4v) is 1.95. The molecule has 3 unspecified atom stereocenters. The SMILES string of the molecule is CC1CN(C(=O)C(N)CCC(=O)O)CC1C. The van der Waals surface area contributed by atoms with Gasteiger partial charge in [0.15, 0.2) is 0 Å². The van der Waals surface area contributed by atoms with Crippen LogP contribution in [0.3, 0.4) is 0 Å². The number of nitrogens with two attached hydrogens (primary N) is 1. The number of carboxylic acid groups (broad SMARTS) is 1. The van der Waals surface area contributed by atoms with E-state index in [0.29, 0.717) is 11.8 Å². The lowest BCUT2D eigenvalue weighted by Crippen LogP contribution is -2.43. The molecule has 3 atom stereocenters. The molecule has 1 heterocycles. The number of carboxylic acids is 1. The van der Waals surface area contributed by atoms with Gasteiger partial charge in [-0.25, -0.2) is 0 Å². The summed E-state index contributed by atoms with van der Waals surface area (Å²) >= 11 is 0. The zero-order valence-electron chi connectivity index (χ0n) is 9.85. The molecule has 3 N–H and O–H groups in total. The van der Waals surface area contributed by atoms with Crippen LogP contribution in [0.4, 0.5) is 0 Å². The molecule has 0 aromatic rings. The topological polar surface area (TPSA) is 83.6 Å². The Morgan fingerprint density at radius 3 is 2.31 bits per heavy atom. The summed E-state index contributed by atoms with van der Waals surface area (Å²) < 4.78 is 0. The third-order valence-electron chi connectivity index (χ3n) is 3.29. The molecule has 1 saturated heterocycles. The molecule has 0 aromatic carbocycles. The van der Waals surface area contributed by atoms with Crippen LogP contribution in [0.15, 0.2) is 0 Å². The molecule has 1 aliphatic heterocycles. The minimum Gasteiger partial charge on any atom is -0.481 e. The Balaban J connectivity index is 2.42. The van der Waals surface area contributed by atoms with Gasteiger partial charge in [0.2, 0.25) is 5.91 Å². The predicted molar refractivity (Wildman–Crippen MR) is 59.8 cm³/mol. The molecule has 5 heteroatoms. The highest BCUT2D eigenvalue weighted by molar-refractivity contribution is 5.82. The largest absolute Gasteiger partial charge is 0.481 e. The summed E-state index contributed by atoms with van der Waals surface area (Å²) in [4.78, 5) is 24.0. The molecular weight excluding hydrogens is 208 g/mol. The number of nitrogens with zero attached hydrogens (tertiary/aromatic N) is 1. The number of hydrogen-bond acceptors (Lipinski definition) is 3. The second-order valence-electron chi connectivity index (χ2n) is 4.74. The molecular formula is C11H20N2O3. The summed E-state index contributed by atoms with van der Waals surface area (Å²) in [6.45, 7) is 5.70. The lowest BCUT2D eigenvalue weighted by molar-refractivity contribution is -0.137. The molecule has 16 heavy (non-hydrogen) atoms. The molecule has 1 amide bonds. The third kappa shape index (κ3) is 3.20. The van der Waals surface area contributed by atoms with Crippen LogP contribution >= 0.6 is 0 Å². The minimum absolute atomic E-state index is 0.0497. The maximum Gasteiger partial charge on any atom is 0.303 e. The molecule has 1 fully saturated rings. The molecule has 0 saturated carbocycles. The molecule has 0 aromatic heterocycles. The van der Waals surface area contributed by atoms with Crippen LogP contribution in [0.5, 0.6) is 0 Å². The van der Waals surface area contributed by atoms with Crippen LogP contribution < -0.4 is 5.73 Å². The van der Waals surface area contributed by atoms with E-state index < -0.39 is 12.0 Å². The smallest absolute Gasteiger partial charge is 0.303 e. The molecule has 92 valence electrons. The van der Waals surface area contributed by atoms with Gasteiger partial charge in [-0.05, 0) is 18.3 Å². The first-order chi connectivity index (χ1) is 7.41. The summed E-state index contributed by atoms with van der Waals surface area (Å²) in [5.74, 6) is -0.0323.